The van der Waals surface area contributed by atoms with Gasteiger partial charge in [0, 0.05) is 23.2 Å². The minimum absolute atomic E-state index is 0.0567. The Morgan fingerprint density at radius 2 is 1.89 bits per heavy atom. The van der Waals surface area contributed by atoms with Crippen LogP contribution in [0.1, 0.15) is 46.0 Å². The molecule has 0 aromatic heterocycles. The van der Waals surface area contributed by atoms with Crippen molar-refractivity contribution in [1.82, 2.24) is 0 Å². The first-order chi connectivity index (χ1) is 13.0. The molecule has 3 fully saturated rings. The van der Waals surface area contributed by atoms with Crippen LogP contribution in [0, 0.1) is 28.6 Å². The van der Waals surface area contributed by atoms with Crippen molar-refractivity contribution in [2.45, 2.75) is 57.7 Å². The molecule has 0 heterocycles. The fourth-order valence-corrected chi connectivity index (χ4v) is 6.92. The largest absolute Gasteiger partial charge is 0.388 e. The zero-order valence-corrected chi connectivity index (χ0v) is 16.1. The van der Waals surface area contributed by atoms with Crippen LogP contribution in [0.4, 0.5) is 0 Å². The van der Waals surface area contributed by atoms with Gasteiger partial charge in [-0.05, 0) is 43.6 Å². The van der Waals surface area contributed by atoms with Gasteiger partial charge in [-0.15, -0.1) is 0 Å². The number of Topliss-reactive ketones (excluding diaryl/α,β-unsaturated/α-hetero) is 3. The topological polar surface area (TPSA) is 129 Å². The van der Waals surface area contributed by atoms with Gasteiger partial charge in [-0.2, -0.15) is 0 Å². The van der Waals surface area contributed by atoms with Crippen LogP contribution in [0.25, 0.3) is 0 Å². The van der Waals surface area contributed by atoms with Crippen LogP contribution in [0.2, 0.25) is 0 Å². The van der Waals surface area contributed by atoms with E-state index in [9.17, 15) is 34.5 Å². The Labute approximate surface area is 162 Å². The van der Waals surface area contributed by atoms with Gasteiger partial charge in [-0.3, -0.25) is 19.2 Å². The molecule has 7 atom stereocenters. The third-order valence-electron chi connectivity index (χ3n) is 8.47. The number of hydrogen-bond acceptors (Lipinski definition) is 7. The van der Waals surface area contributed by atoms with E-state index in [1.165, 1.54) is 6.08 Å². The third-order valence-corrected chi connectivity index (χ3v) is 8.47. The van der Waals surface area contributed by atoms with Crippen molar-refractivity contribution >= 4 is 23.1 Å². The summed E-state index contributed by atoms with van der Waals surface area (Å²) in [6.07, 6.45) is 1.47. The van der Waals surface area contributed by atoms with E-state index >= 15 is 0 Å². The Balaban J connectivity index is 1.80. The molecule has 0 spiro atoms. The van der Waals surface area contributed by atoms with Crippen LogP contribution < -0.4 is 0 Å². The molecule has 3 N–H and O–H groups in total. The van der Waals surface area contributed by atoms with Crippen molar-refractivity contribution in [2.75, 3.05) is 6.61 Å². The molecule has 1 unspecified atom stereocenters. The van der Waals surface area contributed by atoms with Gasteiger partial charge in [-0.25, -0.2) is 0 Å². The molecular weight excluding hydrogens is 364 g/mol. The molecule has 152 valence electrons. The average molecular weight is 390 g/mol. The molecule has 4 aliphatic carbocycles. The van der Waals surface area contributed by atoms with E-state index < -0.39 is 52.4 Å². The van der Waals surface area contributed by atoms with Crippen LogP contribution in [0.5, 0.6) is 0 Å². The zero-order chi connectivity index (χ0) is 20.6. The van der Waals surface area contributed by atoms with Gasteiger partial charge in [0.2, 0.25) is 11.6 Å². The quantitative estimate of drug-likeness (QED) is 0.572. The highest BCUT2D eigenvalue weighted by atomic mass is 16.3. The normalized spacial score (nSPS) is 47.9. The molecule has 0 aromatic rings. The van der Waals surface area contributed by atoms with Crippen molar-refractivity contribution < 1.29 is 34.5 Å². The van der Waals surface area contributed by atoms with Gasteiger partial charge in [0.05, 0.1) is 0 Å². The molecule has 7 nitrogen and oxygen atoms in total. The smallest absolute Gasteiger partial charge is 0.231 e. The summed E-state index contributed by atoms with van der Waals surface area (Å²) in [7, 11) is 0. The average Bonchev–Trinajstić information content (AvgIpc) is 2.92. The molecule has 0 saturated heterocycles. The van der Waals surface area contributed by atoms with E-state index in [0.717, 1.165) is 0 Å². The van der Waals surface area contributed by atoms with E-state index in [0.29, 0.717) is 24.8 Å². The van der Waals surface area contributed by atoms with Crippen LogP contribution in [0.15, 0.2) is 11.6 Å². The van der Waals surface area contributed by atoms with Crippen molar-refractivity contribution in [2.24, 2.45) is 28.6 Å². The summed E-state index contributed by atoms with van der Waals surface area (Å²) >= 11 is 0. The lowest BCUT2D eigenvalue weighted by Crippen LogP contribution is -2.64. The molecule has 0 aliphatic heterocycles. The molecule has 4 rings (SSSR count). The molecule has 4 aliphatic rings. The number of carbonyl (C=O) groups is 4. The van der Waals surface area contributed by atoms with Crippen LogP contribution in [0.3, 0.4) is 0 Å². The molecule has 7 heteroatoms. The van der Waals surface area contributed by atoms with Crippen LogP contribution in [-0.2, 0) is 19.2 Å². The number of aliphatic hydroxyl groups excluding tert-OH is 2. The third kappa shape index (κ3) is 2.10. The number of ketones is 4. The van der Waals surface area contributed by atoms with Crippen molar-refractivity contribution in [3.8, 4) is 0 Å². The lowest BCUT2D eigenvalue weighted by molar-refractivity contribution is -0.175. The van der Waals surface area contributed by atoms with Gasteiger partial charge >= 0.3 is 0 Å². The Morgan fingerprint density at radius 3 is 2.54 bits per heavy atom. The second-order valence-electron chi connectivity index (χ2n) is 9.41. The molecule has 3 saturated carbocycles. The molecule has 28 heavy (non-hydrogen) atoms. The number of carbonyl (C=O) groups excluding carboxylic acids is 4. The van der Waals surface area contributed by atoms with E-state index in [-0.39, 0.29) is 30.5 Å². The summed E-state index contributed by atoms with van der Waals surface area (Å²) in [5.41, 5.74) is -3.22. The summed E-state index contributed by atoms with van der Waals surface area (Å²) in [6.45, 7) is 2.65. The number of rotatable bonds is 2. The Hall–Kier alpha value is -1.70. The number of hydrogen-bond donors (Lipinski definition) is 3. The maximum absolute atomic E-state index is 13.3. The Kier molecular flexibility index (Phi) is 4.14. The maximum Gasteiger partial charge on any atom is 0.231 e. The molecule has 0 radical (unpaired) electrons. The van der Waals surface area contributed by atoms with Gasteiger partial charge in [-0.1, -0.05) is 19.4 Å². The summed E-state index contributed by atoms with van der Waals surface area (Å²) in [6, 6.07) is 0. The minimum atomic E-state index is -1.75. The van der Waals surface area contributed by atoms with Gasteiger partial charge in [0.15, 0.2) is 5.78 Å². The monoisotopic (exact) mass is 390 g/mol. The molecule has 0 bridgehead atoms. The lowest BCUT2D eigenvalue weighted by atomic mass is 9.45. The van der Waals surface area contributed by atoms with Crippen molar-refractivity contribution in [3.05, 3.63) is 11.6 Å². The lowest BCUT2D eigenvalue weighted by Gasteiger charge is -2.58. The van der Waals surface area contributed by atoms with E-state index in [1.807, 2.05) is 0 Å². The fraction of sp³-hybridized carbons (Fsp3) is 0.714. The highest BCUT2D eigenvalue weighted by molar-refractivity contribution is 6.44. The summed E-state index contributed by atoms with van der Waals surface area (Å²) in [5, 5.41) is 31.2. The van der Waals surface area contributed by atoms with Crippen molar-refractivity contribution in [1.29, 1.82) is 0 Å². The van der Waals surface area contributed by atoms with E-state index in [2.05, 4.69) is 0 Å². The van der Waals surface area contributed by atoms with Crippen molar-refractivity contribution in [3.63, 3.8) is 0 Å². The number of fused-ring (bicyclic) bond motifs is 5. The first-order valence-corrected chi connectivity index (χ1v) is 9.89. The standard InChI is InChI=1S/C21H26O7/c1-19-8-14(24)16-11(12(19)5-6-21(19,28)15(25)9-22)4-3-10-7-13(23)17(26)18(27)20(10,16)2/h7,11-12,16,18,22,27-28H,3-6,8-9H2,1-2H3/t11-,12-,16+,18?,19-,20-,21-/m0/s1. The molecule has 0 aromatic carbocycles. The van der Waals surface area contributed by atoms with Gasteiger partial charge in [0.25, 0.3) is 0 Å². The maximum atomic E-state index is 13.3. The van der Waals surface area contributed by atoms with E-state index in [1.54, 1.807) is 13.8 Å². The predicted molar refractivity (Wildman–Crippen MR) is 95.9 cm³/mol. The summed E-state index contributed by atoms with van der Waals surface area (Å²) < 4.78 is 0. The predicted octanol–water partition coefficient (Wildman–Crippen LogP) is 0.140. The van der Waals surface area contributed by atoms with Gasteiger partial charge < -0.3 is 15.3 Å². The highest BCUT2D eigenvalue weighted by Crippen LogP contribution is 2.66. The SMILES string of the molecule is C[C@]12CC(=O)[C@H]3[C@@H](CCC4=CC(=O)C(=O)C(O)[C@@]43C)[C@@H]1CC[C@]2(O)C(=O)CO. The highest BCUT2D eigenvalue weighted by Gasteiger charge is 2.69. The first kappa shape index (κ1) is 19.6. The molecular formula is C21H26O7. The zero-order valence-electron chi connectivity index (χ0n) is 16.1. The van der Waals surface area contributed by atoms with E-state index in [4.69, 9.17) is 0 Å². The summed E-state index contributed by atoms with van der Waals surface area (Å²) in [4.78, 5) is 49.8. The summed E-state index contributed by atoms with van der Waals surface area (Å²) in [5.74, 6) is -3.46. The fourth-order valence-electron chi connectivity index (χ4n) is 6.92. The second-order valence-corrected chi connectivity index (χ2v) is 9.41. The minimum Gasteiger partial charge on any atom is -0.388 e. The molecule has 0 amide bonds. The van der Waals surface area contributed by atoms with Crippen LogP contribution >= 0.6 is 0 Å². The Morgan fingerprint density at radius 1 is 1.21 bits per heavy atom. The second kappa shape index (κ2) is 5.90. The van der Waals surface area contributed by atoms with Gasteiger partial charge in [0.1, 0.15) is 24.1 Å². The Bertz CT molecular complexity index is 829. The number of aliphatic hydroxyl groups is 3. The first-order valence-electron chi connectivity index (χ1n) is 9.89. The van der Waals surface area contributed by atoms with Crippen LogP contribution in [-0.4, -0.2) is 56.8 Å².